The van der Waals surface area contributed by atoms with Crippen molar-refractivity contribution in [2.24, 2.45) is 0 Å². The molecule has 3 N–H and O–H groups in total. The zero-order valence-electron chi connectivity index (χ0n) is 16.0. The number of benzene rings is 2. The summed E-state index contributed by atoms with van der Waals surface area (Å²) in [6.45, 7) is 5.87. The Hall–Kier alpha value is -2.99. The van der Waals surface area contributed by atoms with Crippen molar-refractivity contribution in [2.75, 3.05) is 19.6 Å². The zero-order chi connectivity index (χ0) is 19.7. The summed E-state index contributed by atoms with van der Waals surface area (Å²) < 4.78 is 14.5. The topological polar surface area (TPSA) is 69.8 Å². The molecule has 28 heavy (non-hydrogen) atoms. The largest absolute Gasteiger partial charge is 0.352 e. The maximum absolute atomic E-state index is 14.5. The van der Waals surface area contributed by atoms with Gasteiger partial charge in [0.25, 0.3) is 5.91 Å². The Morgan fingerprint density at radius 1 is 1.29 bits per heavy atom. The van der Waals surface area contributed by atoms with E-state index < -0.39 is 0 Å². The SMILES string of the molecule is CCNC(=O)c1cc(F)c(C)c(-c2ccc3c(C4=CCNCC4)n[nH]c3c2)c1. The number of fused-ring (bicyclic) bond motifs is 1. The molecule has 0 spiro atoms. The molecule has 0 fully saturated rings. The molecule has 2 heterocycles. The number of amides is 1. The molecule has 4 rings (SSSR count). The summed E-state index contributed by atoms with van der Waals surface area (Å²) in [5.74, 6) is -0.658. The first-order chi connectivity index (χ1) is 13.6. The third-order valence-corrected chi connectivity index (χ3v) is 5.19. The van der Waals surface area contributed by atoms with Crippen LogP contribution in [0, 0.1) is 12.7 Å². The second kappa shape index (κ2) is 7.56. The number of nitrogens with one attached hydrogen (secondary N) is 3. The Morgan fingerprint density at radius 2 is 2.14 bits per heavy atom. The molecule has 3 aromatic rings. The molecule has 0 saturated heterocycles. The first-order valence-electron chi connectivity index (χ1n) is 9.55. The molecular weight excluding hydrogens is 355 g/mol. The van der Waals surface area contributed by atoms with E-state index in [4.69, 9.17) is 0 Å². The number of halogens is 1. The van der Waals surface area contributed by atoms with Crippen molar-refractivity contribution >= 4 is 22.4 Å². The summed E-state index contributed by atoms with van der Waals surface area (Å²) in [5.41, 5.74) is 5.51. The number of aromatic amines is 1. The number of H-pyrrole nitrogens is 1. The van der Waals surface area contributed by atoms with Crippen molar-refractivity contribution in [3.63, 3.8) is 0 Å². The monoisotopic (exact) mass is 378 g/mol. The van der Waals surface area contributed by atoms with Gasteiger partial charge in [-0.25, -0.2) is 4.39 Å². The number of carbonyl (C=O) groups is 1. The van der Waals surface area contributed by atoms with E-state index in [9.17, 15) is 9.18 Å². The number of rotatable bonds is 4. The van der Waals surface area contributed by atoms with Gasteiger partial charge in [-0.15, -0.1) is 0 Å². The molecule has 2 aromatic carbocycles. The molecule has 0 unspecified atom stereocenters. The Labute approximate surface area is 163 Å². The second-order valence-corrected chi connectivity index (χ2v) is 7.01. The van der Waals surface area contributed by atoms with Crippen LogP contribution in [0.1, 0.15) is 35.0 Å². The molecule has 1 aliphatic rings. The van der Waals surface area contributed by atoms with Crippen LogP contribution >= 0.6 is 0 Å². The van der Waals surface area contributed by atoms with Gasteiger partial charge < -0.3 is 10.6 Å². The number of carbonyl (C=O) groups excluding carboxylic acids is 1. The first kappa shape index (κ1) is 18.4. The van der Waals surface area contributed by atoms with E-state index in [1.54, 1.807) is 13.0 Å². The maximum Gasteiger partial charge on any atom is 0.251 e. The highest BCUT2D eigenvalue weighted by atomic mass is 19.1. The van der Waals surface area contributed by atoms with Crippen molar-refractivity contribution < 1.29 is 9.18 Å². The van der Waals surface area contributed by atoms with E-state index >= 15 is 0 Å². The minimum Gasteiger partial charge on any atom is -0.352 e. The third-order valence-electron chi connectivity index (χ3n) is 5.19. The van der Waals surface area contributed by atoms with E-state index in [2.05, 4.69) is 26.9 Å². The summed E-state index contributed by atoms with van der Waals surface area (Å²) in [6, 6.07) is 8.99. The van der Waals surface area contributed by atoms with Crippen LogP contribution in [0.2, 0.25) is 0 Å². The second-order valence-electron chi connectivity index (χ2n) is 7.01. The van der Waals surface area contributed by atoms with Gasteiger partial charge in [0.2, 0.25) is 0 Å². The van der Waals surface area contributed by atoms with Crippen molar-refractivity contribution in [1.29, 1.82) is 0 Å². The summed E-state index contributed by atoms with van der Waals surface area (Å²) >= 11 is 0. The molecule has 0 atom stereocenters. The molecule has 0 bridgehead atoms. The molecule has 1 aromatic heterocycles. The van der Waals surface area contributed by atoms with Crippen LogP contribution in [0.25, 0.3) is 27.6 Å². The Kier molecular flexibility index (Phi) is 4.96. The fraction of sp³-hybridized carbons (Fsp3) is 0.273. The van der Waals surface area contributed by atoms with Crippen LogP contribution in [0.15, 0.2) is 36.4 Å². The normalized spacial score (nSPS) is 14.2. The molecule has 6 heteroatoms. The predicted molar refractivity (Wildman–Crippen MR) is 110 cm³/mol. The summed E-state index contributed by atoms with van der Waals surface area (Å²) in [7, 11) is 0. The average Bonchev–Trinajstić information content (AvgIpc) is 3.14. The predicted octanol–water partition coefficient (Wildman–Crippen LogP) is 3.80. The molecule has 0 radical (unpaired) electrons. The van der Waals surface area contributed by atoms with E-state index in [1.165, 1.54) is 11.6 Å². The smallest absolute Gasteiger partial charge is 0.251 e. The van der Waals surface area contributed by atoms with Crippen molar-refractivity contribution in [1.82, 2.24) is 20.8 Å². The summed E-state index contributed by atoms with van der Waals surface area (Å²) in [4.78, 5) is 12.2. The number of nitrogens with zero attached hydrogens (tertiary/aromatic N) is 1. The van der Waals surface area contributed by atoms with Gasteiger partial charge in [-0.3, -0.25) is 9.89 Å². The van der Waals surface area contributed by atoms with Gasteiger partial charge in [-0.05, 0) is 73.3 Å². The molecule has 0 aliphatic carbocycles. The van der Waals surface area contributed by atoms with Crippen molar-refractivity contribution in [3.8, 4) is 11.1 Å². The van der Waals surface area contributed by atoms with Gasteiger partial charge in [-0.1, -0.05) is 12.1 Å². The van der Waals surface area contributed by atoms with Gasteiger partial charge in [0, 0.05) is 24.0 Å². The maximum atomic E-state index is 14.5. The number of hydrogen-bond acceptors (Lipinski definition) is 3. The molecular formula is C22H23FN4O. The van der Waals surface area contributed by atoms with E-state index in [0.717, 1.165) is 41.7 Å². The zero-order valence-corrected chi connectivity index (χ0v) is 16.0. The van der Waals surface area contributed by atoms with Gasteiger partial charge in [0.05, 0.1) is 11.2 Å². The number of aromatic nitrogens is 2. The van der Waals surface area contributed by atoms with Crippen LogP contribution in [-0.4, -0.2) is 35.7 Å². The van der Waals surface area contributed by atoms with Gasteiger partial charge >= 0.3 is 0 Å². The van der Waals surface area contributed by atoms with Crippen LogP contribution in [-0.2, 0) is 0 Å². The van der Waals surface area contributed by atoms with Gasteiger partial charge in [-0.2, -0.15) is 5.10 Å². The van der Waals surface area contributed by atoms with Crippen molar-refractivity contribution in [3.05, 3.63) is 59.0 Å². The summed E-state index contributed by atoms with van der Waals surface area (Å²) in [6.07, 6.45) is 3.11. The lowest BCUT2D eigenvalue weighted by Gasteiger charge is -2.13. The Bertz CT molecular complexity index is 1080. The highest BCUT2D eigenvalue weighted by Gasteiger charge is 2.16. The van der Waals surface area contributed by atoms with Gasteiger partial charge in [0.1, 0.15) is 5.82 Å². The average molecular weight is 378 g/mol. The van der Waals surface area contributed by atoms with Crippen LogP contribution in [0.4, 0.5) is 4.39 Å². The first-order valence-corrected chi connectivity index (χ1v) is 9.55. The molecule has 1 amide bonds. The standard InChI is InChI=1S/C22H23FN4O/c1-3-25-22(28)16-10-18(13(2)19(23)11-16)15-4-5-17-20(12-15)26-27-21(17)14-6-8-24-9-7-14/h4-6,10-12,24H,3,7-9H2,1-2H3,(H,25,28)(H,26,27). The minimum atomic E-state index is -0.385. The Morgan fingerprint density at radius 3 is 2.89 bits per heavy atom. The van der Waals surface area contributed by atoms with Crippen LogP contribution in [0.5, 0.6) is 0 Å². The van der Waals surface area contributed by atoms with E-state index in [0.29, 0.717) is 23.2 Å². The Balaban J connectivity index is 1.77. The lowest BCUT2D eigenvalue weighted by Crippen LogP contribution is -2.22. The summed E-state index contributed by atoms with van der Waals surface area (Å²) in [5, 5.41) is 14.7. The molecule has 144 valence electrons. The molecule has 1 aliphatic heterocycles. The molecule has 0 saturated carbocycles. The fourth-order valence-corrected chi connectivity index (χ4v) is 3.64. The van der Waals surface area contributed by atoms with Gasteiger partial charge in [0.15, 0.2) is 0 Å². The highest BCUT2D eigenvalue weighted by molar-refractivity contribution is 5.97. The quantitative estimate of drug-likeness (QED) is 0.647. The van der Waals surface area contributed by atoms with E-state index in [-0.39, 0.29) is 11.7 Å². The third kappa shape index (κ3) is 3.31. The lowest BCUT2D eigenvalue weighted by molar-refractivity contribution is 0.0955. The number of hydrogen-bond donors (Lipinski definition) is 3. The molecule has 5 nitrogen and oxygen atoms in total. The van der Waals surface area contributed by atoms with E-state index in [1.807, 2.05) is 25.1 Å². The minimum absolute atomic E-state index is 0.273. The van der Waals surface area contributed by atoms with Crippen molar-refractivity contribution in [2.45, 2.75) is 20.3 Å². The lowest BCUT2D eigenvalue weighted by atomic mass is 9.95. The van der Waals surface area contributed by atoms with Crippen LogP contribution in [0.3, 0.4) is 0 Å². The fourth-order valence-electron chi connectivity index (χ4n) is 3.64. The highest BCUT2D eigenvalue weighted by Crippen LogP contribution is 2.32. The van der Waals surface area contributed by atoms with Crippen LogP contribution < -0.4 is 10.6 Å².